The lowest BCUT2D eigenvalue weighted by Crippen LogP contribution is -2.40. The lowest BCUT2D eigenvalue weighted by Gasteiger charge is -2.33. The highest BCUT2D eigenvalue weighted by molar-refractivity contribution is 8.00. The highest BCUT2D eigenvalue weighted by Crippen LogP contribution is 2.23. The van der Waals surface area contributed by atoms with Crippen molar-refractivity contribution >= 4 is 17.7 Å². The molecule has 2 heterocycles. The second-order valence-corrected chi connectivity index (χ2v) is 8.49. The quantitative estimate of drug-likeness (QED) is 0.396. The summed E-state index contributed by atoms with van der Waals surface area (Å²) >= 11 is 1.38. The summed E-state index contributed by atoms with van der Waals surface area (Å²) in [7, 11) is 1.71. The number of nitrogens with one attached hydrogen (secondary N) is 1. The molecule has 27 heavy (non-hydrogen) atoms. The number of hydrogen-bond acceptors (Lipinski definition) is 5. The summed E-state index contributed by atoms with van der Waals surface area (Å²) in [5, 5.41) is 3.45. The van der Waals surface area contributed by atoms with Crippen LogP contribution in [0.5, 0.6) is 0 Å². The van der Waals surface area contributed by atoms with Crippen LogP contribution in [-0.2, 0) is 18.3 Å². The van der Waals surface area contributed by atoms with Crippen molar-refractivity contribution in [2.45, 2.75) is 75.7 Å². The molecule has 0 aromatic carbocycles. The summed E-state index contributed by atoms with van der Waals surface area (Å²) in [6.07, 6.45) is 6.28. The number of thioether (sulfide) groups is 1. The molecule has 0 saturated carbocycles. The number of carbonyl (C=O) groups excluding carboxylic acids is 1. The minimum Gasteiger partial charge on any atom is -0.355 e. The van der Waals surface area contributed by atoms with Gasteiger partial charge >= 0.3 is 0 Å². The normalized spacial score (nSPS) is 19.0. The maximum atomic E-state index is 12.6. The Kier molecular flexibility index (Phi) is 8.83. The first-order valence-electron chi connectivity index (χ1n) is 10.2. The van der Waals surface area contributed by atoms with Gasteiger partial charge in [0.25, 0.3) is 5.56 Å². The van der Waals surface area contributed by atoms with E-state index in [9.17, 15) is 9.59 Å². The van der Waals surface area contributed by atoms with Crippen molar-refractivity contribution in [3.05, 3.63) is 22.1 Å². The number of likely N-dealkylation sites (tertiary alicyclic amines) is 1. The van der Waals surface area contributed by atoms with Gasteiger partial charge in [0.15, 0.2) is 5.16 Å². The summed E-state index contributed by atoms with van der Waals surface area (Å²) in [6.45, 7) is 9.18. The highest BCUT2D eigenvalue weighted by Gasteiger charge is 2.21. The first-order valence-corrected chi connectivity index (χ1v) is 11.1. The summed E-state index contributed by atoms with van der Waals surface area (Å²) in [5.41, 5.74) is 0.696. The standard InChI is InChI=1S/C20H34N4O2S/c1-5-16-14-18(25)23(4)20(22-16)27-17(6-2)19(26)21-11-9-13-24-12-8-7-10-15(24)3/h14-15,17H,5-13H2,1-4H3,(H,21,26). The zero-order valence-corrected chi connectivity index (χ0v) is 18.0. The van der Waals surface area contributed by atoms with E-state index >= 15 is 0 Å². The SMILES string of the molecule is CCc1cc(=O)n(C)c(SC(CC)C(=O)NCCCN2CCCCC2C)n1. The Morgan fingerprint density at radius 1 is 1.41 bits per heavy atom. The second kappa shape index (κ2) is 10.9. The number of carbonyl (C=O) groups is 1. The third-order valence-electron chi connectivity index (χ3n) is 5.28. The molecule has 1 aromatic heterocycles. The number of rotatable bonds is 9. The van der Waals surface area contributed by atoms with Gasteiger partial charge in [-0.15, -0.1) is 0 Å². The lowest BCUT2D eigenvalue weighted by atomic mass is 10.0. The average molecular weight is 395 g/mol. The molecule has 1 saturated heterocycles. The van der Waals surface area contributed by atoms with E-state index < -0.39 is 0 Å². The Labute approximate surface area is 167 Å². The summed E-state index contributed by atoms with van der Waals surface area (Å²) in [6, 6.07) is 2.22. The van der Waals surface area contributed by atoms with Gasteiger partial charge in [-0.1, -0.05) is 32.0 Å². The number of aryl methyl sites for hydroxylation is 1. The molecule has 1 aliphatic heterocycles. The van der Waals surface area contributed by atoms with Crippen molar-refractivity contribution in [1.82, 2.24) is 19.8 Å². The van der Waals surface area contributed by atoms with Crippen molar-refractivity contribution < 1.29 is 4.79 Å². The monoisotopic (exact) mass is 394 g/mol. The van der Waals surface area contributed by atoms with Crippen molar-refractivity contribution in [3.8, 4) is 0 Å². The molecule has 1 N–H and O–H groups in total. The fraction of sp³-hybridized carbons (Fsp3) is 0.750. The number of aromatic nitrogens is 2. The van der Waals surface area contributed by atoms with Crippen molar-refractivity contribution in [3.63, 3.8) is 0 Å². The van der Waals surface area contributed by atoms with Crippen LogP contribution in [0.15, 0.2) is 16.0 Å². The number of hydrogen-bond donors (Lipinski definition) is 1. The van der Waals surface area contributed by atoms with Gasteiger partial charge in [-0.05, 0) is 45.6 Å². The summed E-state index contributed by atoms with van der Waals surface area (Å²) in [5.74, 6) is 0.0327. The van der Waals surface area contributed by atoms with Gasteiger partial charge < -0.3 is 10.2 Å². The van der Waals surface area contributed by atoms with Gasteiger partial charge in [0, 0.05) is 37.9 Å². The largest absolute Gasteiger partial charge is 0.355 e. The summed E-state index contributed by atoms with van der Waals surface area (Å²) < 4.78 is 1.53. The predicted octanol–water partition coefficient (Wildman–Crippen LogP) is 2.59. The molecule has 2 rings (SSSR count). The molecule has 7 heteroatoms. The smallest absolute Gasteiger partial charge is 0.254 e. The van der Waals surface area contributed by atoms with Crippen LogP contribution < -0.4 is 10.9 Å². The van der Waals surface area contributed by atoms with Crippen LogP contribution in [0.25, 0.3) is 0 Å². The zero-order valence-electron chi connectivity index (χ0n) is 17.2. The molecule has 0 radical (unpaired) electrons. The minimum absolute atomic E-state index is 0.0327. The molecule has 6 nitrogen and oxygen atoms in total. The maximum Gasteiger partial charge on any atom is 0.254 e. The molecule has 2 unspecified atom stereocenters. The van der Waals surface area contributed by atoms with Crippen LogP contribution in [0.2, 0.25) is 0 Å². The topological polar surface area (TPSA) is 67.2 Å². The van der Waals surface area contributed by atoms with E-state index in [1.807, 2.05) is 13.8 Å². The van der Waals surface area contributed by atoms with E-state index in [1.165, 1.54) is 42.1 Å². The first kappa shape index (κ1) is 22.0. The molecular weight excluding hydrogens is 360 g/mol. The van der Waals surface area contributed by atoms with Crippen LogP contribution in [0.3, 0.4) is 0 Å². The Morgan fingerprint density at radius 2 is 2.19 bits per heavy atom. The van der Waals surface area contributed by atoms with E-state index in [0.29, 0.717) is 30.6 Å². The van der Waals surface area contributed by atoms with E-state index in [-0.39, 0.29) is 16.7 Å². The van der Waals surface area contributed by atoms with Crippen LogP contribution in [-0.4, -0.2) is 51.3 Å². The Bertz CT molecular complexity index is 676. The Balaban J connectivity index is 1.85. The van der Waals surface area contributed by atoms with Gasteiger partial charge in [-0.2, -0.15) is 0 Å². The molecule has 2 atom stereocenters. The number of piperidine rings is 1. The molecule has 1 aromatic rings. The average Bonchev–Trinajstić information content (AvgIpc) is 2.67. The van der Waals surface area contributed by atoms with Crippen LogP contribution >= 0.6 is 11.8 Å². The van der Waals surface area contributed by atoms with E-state index in [2.05, 4.69) is 22.1 Å². The molecule has 1 amide bonds. The van der Waals surface area contributed by atoms with E-state index in [4.69, 9.17) is 0 Å². The van der Waals surface area contributed by atoms with E-state index in [0.717, 1.165) is 18.7 Å². The molecule has 1 aliphatic rings. The first-order chi connectivity index (χ1) is 13.0. The lowest BCUT2D eigenvalue weighted by molar-refractivity contribution is -0.120. The molecule has 0 spiro atoms. The van der Waals surface area contributed by atoms with Crippen molar-refractivity contribution in [1.29, 1.82) is 0 Å². The van der Waals surface area contributed by atoms with E-state index in [1.54, 1.807) is 13.1 Å². The van der Waals surface area contributed by atoms with Crippen molar-refractivity contribution in [2.24, 2.45) is 7.05 Å². The minimum atomic E-state index is -0.232. The van der Waals surface area contributed by atoms with Crippen LogP contribution in [0.4, 0.5) is 0 Å². The predicted molar refractivity (Wildman–Crippen MR) is 111 cm³/mol. The molecule has 0 aliphatic carbocycles. The van der Waals surface area contributed by atoms with Gasteiger partial charge in [-0.3, -0.25) is 14.2 Å². The number of amides is 1. The Hall–Kier alpha value is -1.34. The molecule has 0 bridgehead atoms. The van der Waals surface area contributed by atoms with Gasteiger partial charge in [0.1, 0.15) is 0 Å². The van der Waals surface area contributed by atoms with Gasteiger partial charge in [0.2, 0.25) is 5.91 Å². The maximum absolute atomic E-state index is 12.6. The van der Waals surface area contributed by atoms with Gasteiger partial charge in [-0.25, -0.2) is 4.98 Å². The second-order valence-electron chi connectivity index (χ2n) is 7.32. The Morgan fingerprint density at radius 3 is 2.85 bits per heavy atom. The fourth-order valence-electron chi connectivity index (χ4n) is 3.40. The number of nitrogens with zero attached hydrogens (tertiary/aromatic N) is 3. The zero-order chi connectivity index (χ0) is 19.8. The molecule has 1 fully saturated rings. The third-order valence-corrected chi connectivity index (χ3v) is 6.69. The van der Waals surface area contributed by atoms with Gasteiger partial charge in [0.05, 0.1) is 5.25 Å². The third kappa shape index (κ3) is 6.35. The molecule has 152 valence electrons. The summed E-state index contributed by atoms with van der Waals surface area (Å²) in [4.78, 5) is 31.7. The van der Waals surface area contributed by atoms with Crippen LogP contribution in [0.1, 0.15) is 58.6 Å². The van der Waals surface area contributed by atoms with Crippen molar-refractivity contribution in [2.75, 3.05) is 19.6 Å². The fourth-order valence-corrected chi connectivity index (χ4v) is 4.43. The van der Waals surface area contributed by atoms with Crippen LogP contribution in [0, 0.1) is 0 Å². The molecular formula is C20H34N4O2S. The highest BCUT2D eigenvalue weighted by atomic mass is 32.2.